The molecule has 0 spiro atoms. The van der Waals surface area contributed by atoms with Crippen molar-refractivity contribution in [3.8, 4) is 5.75 Å². The Morgan fingerprint density at radius 2 is 1.90 bits per heavy atom. The van der Waals surface area contributed by atoms with Crippen molar-refractivity contribution in [3.63, 3.8) is 0 Å². The Balaban J connectivity index is 0.000000333. The fourth-order valence-electron chi connectivity index (χ4n) is 1.62. The van der Waals surface area contributed by atoms with Gasteiger partial charge in [0, 0.05) is 0 Å². The molecule has 2 rings (SSSR count). The minimum absolute atomic E-state index is 0.00951. The number of benzene rings is 1. The van der Waals surface area contributed by atoms with E-state index >= 15 is 0 Å². The number of aromatic hydroxyl groups is 1. The minimum atomic E-state index is -4.98. The molecule has 0 atom stereocenters. The molecule has 0 unspecified atom stereocenters. The Bertz CT molecular complexity index is 503. The molecule has 1 aliphatic heterocycles. The second-order valence-corrected chi connectivity index (χ2v) is 7.75. The third kappa shape index (κ3) is 5.79. The van der Waals surface area contributed by atoms with E-state index in [0.29, 0.717) is 0 Å². The Kier molecular flexibility index (Phi) is 6.29. The molecule has 0 radical (unpaired) electrons. The molecule has 112 valence electrons. The van der Waals surface area contributed by atoms with Gasteiger partial charge in [-0.1, -0.05) is 0 Å². The van der Waals surface area contributed by atoms with Crippen molar-refractivity contribution in [2.75, 3.05) is 18.4 Å². The van der Waals surface area contributed by atoms with Crippen molar-refractivity contribution < 1.29 is 21.8 Å². The maximum atomic E-state index is 10.9. The zero-order valence-corrected chi connectivity index (χ0v) is 13.0. The van der Waals surface area contributed by atoms with Gasteiger partial charge in [0.1, 0.15) is 0 Å². The van der Waals surface area contributed by atoms with Crippen molar-refractivity contribution in [2.45, 2.75) is 19.8 Å². The summed E-state index contributed by atoms with van der Waals surface area (Å²) in [6.45, 7) is 3.73. The topological polar surface area (TPSA) is 119 Å². The molecule has 7 nitrogen and oxygen atoms in total. The second kappa shape index (κ2) is 7.49. The van der Waals surface area contributed by atoms with Crippen LogP contribution in [-0.2, 0) is 8.53 Å². The van der Waals surface area contributed by atoms with Crippen LogP contribution in [-0.4, -0.2) is 46.5 Å². The summed E-state index contributed by atoms with van der Waals surface area (Å²) < 4.78 is 28.6. The molecule has 1 amide bonds. The Morgan fingerprint density at radius 1 is 1.30 bits per heavy atom. The van der Waals surface area contributed by atoms with Gasteiger partial charge in [0.05, 0.1) is 0 Å². The summed E-state index contributed by atoms with van der Waals surface area (Å²) >= 11 is -4.98. The first-order valence-electron chi connectivity index (χ1n) is 6.18. The molecule has 5 N–H and O–H groups in total. The number of nitrogens with one attached hydrogen (secondary N) is 2. The fourth-order valence-corrected chi connectivity index (χ4v) is 2.81. The number of rotatable bonds is 2. The number of anilines is 1. The second-order valence-electron chi connectivity index (χ2n) is 4.38. The van der Waals surface area contributed by atoms with E-state index in [2.05, 4.69) is 10.6 Å². The zero-order chi connectivity index (χ0) is 15.2. The molecule has 20 heavy (non-hydrogen) atoms. The maximum absolute atomic E-state index is 10.9. The number of carbonyl (C=O) groups is 1. The van der Waals surface area contributed by atoms with Gasteiger partial charge in [-0.3, -0.25) is 0 Å². The number of hydrogen-bond donors (Lipinski definition) is 5. The van der Waals surface area contributed by atoms with E-state index < -0.39 is 20.1 Å². The van der Waals surface area contributed by atoms with Crippen LogP contribution in [0.1, 0.15) is 19.8 Å². The van der Waals surface area contributed by atoms with Crippen molar-refractivity contribution in [2.24, 2.45) is 0 Å². The quantitative estimate of drug-likeness (QED) is 0.356. The average molecular weight is 346 g/mol. The van der Waals surface area contributed by atoms with E-state index in [-0.39, 0.29) is 15.8 Å². The Hall–Kier alpha value is -1.27. The number of carbonyl (C=O) groups excluding carboxylic acids is 1. The number of phenols is 1. The van der Waals surface area contributed by atoms with E-state index in [1.54, 1.807) is 0 Å². The van der Waals surface area contributed by atoms with Gasteiger partial charge in [0.2, 0.25) is 0 Å². The molecule has 0 aliphatic carbocycles. The van der Waals surface area contributed by atoms with Crippen LogP contribution in [0.15, 0.2) is 18.2 Å². The normalized spacial score (nSPS) is 14.3. The van der Waals surface area contributed by atoms with Crippen LogP contribution in [0.5, 0.6) is 5.75 Å². The summed E-state index contributed by atoms with van der Waals surface area (Å²) in [7, 11) is 0. The fraction of sp³-hybridized carbons (Fsp3) is 0.417. The molecule has 1 aromatic carbocycles. The Labute approximate surface area is 120 Å². The summed E-state index contributed by atoms with van der Waals surface area (Å²) in [6.07, 6.45) is 2.78. The molecule has 1 heterocycles. The molecular weight excluding hydrogens is 327 g/mol. The standard InChI is InChI=1S/C8H10AsNO5.C4H9N/c1-5(11)10-7-4-6(9(13,14)15)2-3-8(7)12;1-2-4-5-3-1/h2-4,12H,1H3,(H,10,11)(H2,13,14,15);5H,1-4H2. The van der Waals surface area contributed by atoms with Crippen LogP contribution < -0.4 is 15.0 Å². The van der Waals surface area contributed by atoms with Crippen molar-refractivity contribution in [1.82, 2.24) is 5.32 Å². The first-order chi connectivity index (χ1) is 9.30. The molecule has 8 heteroatoms. The predicted molar refractivity (Wildman–Crippen MR) is 75.0 cm³/mol. The third-order valence-corrected chi connectivity index (χ3v) is 4.58. The zero-order valence-electron chi connectivity index (χ0n) is 11.2. The molecule has 0 saturated carbocycles. The van der Waals surface area contributed by atoms with E-state index in [1.807, 2.05) is 0 Å². The third-order valence-electron chi connectivity index (χ3n) is 2.58. The summed E-state index contributed by atoms with van der Waals surface area (Å²) in [4.78, 5) is 10.7. The average Bonchev–Trinajstić information content (AvgIpc) is 2.88. The predicted octanol–water partition coefficient (Wildman–Crippen LogP) is -0.719. The van der Waals surface area contributed by atoms with Gasteiger partial charge in [0.15, 0.2) is 0 Å². The van der Waals surface area contributed by atoms with E-state index in [1.165, 1.54) is 32.9 Å². The molecule has 0 bridgehead atoms. The molecule has 1 aliphatic rings. The molecule has 0 aromatic heterocycles. The first-order valence-corrected chi connectivity index (χ1v) is 9.56. The van der Waals surface area contributed by atoms with Gasteiger partial charge in [-0.2, -0.15) is 0 Å². The number of amides is 1. The van der Waals surface area contributed by atoms with Crippen molar-refractivity contribution in [1.29, 1.82) is 0 Å². The number of hydrogen-bond acceptors (Lipinski definition) is 4. The van der Waals surface area contributed by atoms with Crippen molar-refractivity contribution >= 4 is 30.1 Å². The molecule has 1 saturated heterocycles. The van der Waals surface area contributed by atoms with Gasteiger partial charge in [-0.05, 0) is 25.9 Å². The summed E-state index contributed by atoms with van der Waals surface area (Å²) in [5.74, 6) is -0.668. The van der Waals surface area contributed by atoms with Gasteiger partial charge in [0.25, 0.3) is 0 Å². The van der Waals surface area contributed by atoms with Crippen LogP contribution in [0.3, 0.4) is 0 Å². The SMILES string of the molecule is C1CCNC1.CC(=O)Nc1cc([As](=O)(O)O)ccc1O. The van der Waals surface area contributed by atoms with E-state index in [9.17, 15) is 13.6 Å². The molecule has 1 fully saturated rings. The van der Waals surface area contributed by atoms with Gasteiger partial charge < -0.3 is 5.32 Å². The molecular formula is C12H19AsN2O5. The van der Waals surface area contributed by atoms with Crippen LogP contribution in [0, 0.1) is 0 Å². The number of phenolic OH excluding ortho intramolecular Hbond substituents is 1. The summed E-state index contributed by atoms with van der Waals surface area (Å²) in [5, 5.41) is 14.8. The van der Waals surface area contributed by atoms with Gasteiger partial charge >= 0.3 is 88.1 Å². The van der Waals surface area contributed by atoms with E-state index in [4.69, 9.17) is 8.19 Å². The monoisotopic (exact) mass is 346 g/mol. The molecule has 1 aromatic rings. The summed E-state index contributed by atoms with van der Waals surface area (Å²) in [6, 6.07) is 3.32. The van der Waals surface area contributed by atoms with Crippen molar-refractivity contribution in [3.05, 3.63) is 18.2 Å². The van der Waals surface area contributed by atoms with Crippen LogP contribution in [0.2, 0.25) is 0 Å². The van der Waals surface area contributed by atoms with Gasteiger partial charge in [-0.25, -0.2) is 0 Å². The summed E-state index contributed by atoms with van der Waals surface area (Å²) in [5.41, 5.74) is -0.00951. The van der Waals surface area contributed by atoms with Gasteiger partial charge in [-0.15, -0.1) is 0 Å². The first kappa shape index (κ1) is 16.8. The van der Waals surface area contributed by atoms with Crippen LogP contribution >= 0.6 is 0 Å². The van der Waals surface area contributed by atoms with E-state index in [0.717, 1.165) is 18.2 Å². The Morgan fingerprint density at radius 3 is 2.30 bits per heavy atom. The van der Waals surface area contributed by atoms with Crippen LogP contribution in [0.25, 0.3) is 0 Å². The van der Waals surface area contributed by atoms with Crippen LogP contribution in [0.4, 0.5) is 5.69 Å².